The number of rotatable bonds is 9. The number of hydrogen-bond donors (Lipinski definition) is 4. The van der Waals surface area contributed by atoms with E-state index < -0.39 is 49.3 Å². The fourth-order valence-electron chi connectivity index (χ4n) is 3.81. The molecule has 11 nitrogen and oxygen atoms in total. The van der Waals surface area contributed by atoms with Gasteiger partial charge in [0.25, 0.3) is 0 Å². The summed E-state index contributed by atoms with van der Waals surface area (Å²) in [4.78, 5) is 24.1. The van der Waals surface area contributed by atoms with Crippen LogP contribution < -0.4 is 4.74 Å². The number of hydrogen-bond acceptors (Lipinski definition) is 11. The highest BCUT2D eigenvalue weighted by Crippen LogP contribution is 2.27. The molecule has 6 atom stereocenters. The van der Waals surface area contributed by atoms with E-state index in [0.717, 1.165) is 11.6 Å². The van der Waals surface area contributed by atoms with Crippen LogP contribution in [0.4, 0.5) is 0 Å². The summed E-state index contributed by atoms with van der Waals surface area (Å²) in [5.74, 6) is -1.04. The molecule has 37 heavy (non-hydrogen) atoms. The number of cyclic esters (lactones) is 1. The van der Waals surface area contributed by atoms with Crippen molar-refractivity contribution in [3.63, 3.8) is 0 Å². The maximum Gasteiger partial charge on any atom is 0.334 e. The number of esters is 2. The Morgan fingerprint density at radius 2 is 1.92 bits per heavy atom. The number of allylic oxidation sites excluding steroid dienone is 1. The summed E-state index contributed by atoms with van der Waals surface area (Å²) in [5.41, 5.74) is 1.95. The highest BCUT2D eigenvalue weighted by Gasteiger charge is 2.44. The Balaban J connectivity index is 1.53. The Hall–Kier alpha value is -3.22. The van der Waals surface area contributed by atoms with Gasteiger partial charge in [0.2, 0.25) is 0 Å². The van der Waals surface area contributed by atoms with Crippen molar-refractivity contribution < 1.29 is 53.7 Å². The van der Waals surface area contributed by atoms with Gasteiger partial charge in [-0.05, 0) is 49.8 Å². The highest BCUT2D eigenvalue weighted by molar-refractivity contribution is 5.91. The minimum absolute atomic E-state index is 0.0940. The minimum atomic E-state index is -1.62. The van der Waals surface area contributed by atoms with Crippen LogP contribution in [0.1, 0.15) is 25.8 Å². The Bertz CT molecular complexity index is 1060. The number of carbonyl (C=O) groups is 2. The summed E-state index contributed by atoms with van der Waals surface area (Å²) in [6.07, 6.45) is -1.36. The summed E-state index contributed by atoms with van der Waals surface area (Å²) >= 11 is 0. The SMILES string of the molecule is COc1ccc(/C=C/C(=O)OC[C@@H]2O[C@H](OC/C=C3\C[C@@H](C=C(C)C)OC3=O)[C@@H](O)[C@H](O)[C@H]2O)cc1O. The lowest BCUT2D eigenvalue weighted by Gasteiger charge is -2.39. The maximum atomic E-state index is 12.1. The molecule has 11 heteroatoms. The van der Waals surface area contributed by atoms with Gasteiger partial charge >= 0.3 is 11.9 Å². The zero-order valence-corrected chi connectivity index (χ0v) is 20.8. The van der Waals surface area contributed by atoms with Crippen molar-refractivity contribution in [1.29, 1.82) is 0 Å². The van der Waals surface area contributed by atoms with E-state index in [1.807, 2.05) is 19.9 Å². The molecule has 2 aliphatic heterocycles. The van der Waals surface area contributed by atoms with Crippen molar-refractivity contribution >= 4 is 18.0 Å². The van der Waals surface area contributed by atoms with Crippen LogP contribution in [0, 0.1) is 0 Å². The lowest BCUT2D eigenvalue weighted by Crippen LogP contribution is -2.59. The minimum Gasteiger partial charge on any atom is -0.504 e. The number of phenolic OH excluding ortho intramolecular Hbond substituents is 1. The molecule has 1 aromatic carbocycles. The monoisotopic (exact) mass is 520 g/mol. The third kappa shape index (κ3) is 7.63. The molecule has 0 aromatic heterocycles. The third-order valence-electron chi connectivity index (χ3n) is 5.72. The molecule has 0 unspecified atom stereocenters. The van der Waals surface area contributed by atoms with E-state index in [4.69, 9.17) is 23.7 Å². The lowest BCUT2D eigenvalue weighted by atomic mass is 9.99. The first kappa shape index (κ1) is 28.4. The molecular formula is C26H32O11. The van der Waals surface area contributed by atoms with Crippen LogP contribution in [-0.4, -0.2) is 89.5 Å². The van der Waals surface area contributed by atoms with E-state index in [1.54, 1.807) is 6.07 Å². The van der Waals surface area contributed by atoms with Gasteiger partial charge in [-0.1, -0.05) is 11.6 Å². The van der Waals surface area contributed by atoms with Crippen LogP contribution in [0.3, 0.4) is 0 Å². The zero-order valence-electron chi connectivity index (χ0n) is 20.8. The molecular weight excluding hydrogens is 488 g/mol. The van der Waals surface area contributed by atoms with E-state index >= 15 is 0 Å². The van der Waals surface area contributed by atoms with Crippen molar-refractivity contribution in [2.75, 3.05) is 20.3 Å². The van der Waals surface area contributed by atoms with Crippen molar-refractivity contribution in [2.24, 2.45) is 0 Å². The first-order chi connectivity index (χ1) is 17.6. The zero-order chi connectivity index (χ0) is 27.1. The molecule has 3 rings (SSSR count). The summed E-state index contributed by atoms with van der Waals surface area (Å²) in [6, 6.07) is 4.56. The number of benzene rings is 1. The molecule has 4 N–H and O–H groups in total. The smallest absolute Gasteiger partial charge is 0.334 e. The van der Waals surface area contributed by atoms with Gasteiger partial charge in [-0.25, -0.2) is 9.59 Å². The third-order valence-corrected chi connectivity index (χ3v) is 5.72. The molecule has 2 fully saturated rings. The van der Waals surface area contributed by atoms with Crippen molar-refractivity contribution in [1.82, 2.24) is 0 Å². The van der Waals surface area contributed by atoms with Crippen LogP contribution in [0.25, 0.3) is 6.08 Å². The molecule has 2 saturated heterocycles. The quantitative estimate of drug-likeness (QED) is 0.209. The second-order valence-corrected chi connectivity index (χ2v) is 8.86. The predicted molar refractivity (Wildman–Crippen MR) is 129 cm³/mol. The Morgan fingerprint density at radius 1 is 1.16 bits per heavy atom. The fraction of sp³-hybridized carbons (Fsp3) is 0.462. The maximum absolute atomic E-state index is 12.1. The molecule has 0 saturated carbocycles. The van der Waals surface area contributed by atoms with Crippen molar-refractivity contribution in [2.45, 2.75) is 57.1 Å². The van der Waals surface area contributed by atoms with Crippen LogP contribution in [-0.2, 0) is 28.5 Å². The molecule has 0 spiro atoms. The molecule has 0 bridgehead atoms. The van der Waals surface area contributed by atoms with Crippen molar-refractivity contribution in [3.8, 4) is 11.5 Å². The van der Waals surface area contributed by atoms with E-state index in [0.29, 0.717) is 17.6 Å². The van der Waals surface area contributed by atoms with E-state index in [2.05, 4.69) is 0 Å². The normalized spacial score (nSPS) is 28.8. The first-order valence-electron chi connectivity index (χ1n) is 11.7. The predicted octanol–water partition coefficient (Wildman–Crippen LogP) is 0.989. The molecule has 2 heterocycles. The second-order valence-electron chi connectivity index (χ2n) is 8.86. The summed E-state index contributed by atoms with van der Waals surface area (Å²) < 4.78 is 26.3. The largest absolute Gasteiger partial charge is 0.504 e. The van der Waals surface area contributed by atoms with Gasteiger partial charge in [0.15, 0.2) is 17.8 Å². The van der Waals surface area contributed by atoms with E-state index in [1.165, 1.54) is 31.4 Å². The number of carbonyl (C=O) groups excluding carboxylic acids is 2. The van der Waals surface area contributed by atoms with Gasteiger partial charge < -0.3 is 44.1 Å². The fourth-order valence-corrected chi connectivity index (χ4v) is 3.81. The Kier molecular flexibility index (Phi) is 9.84. The molecule has 0 radical (unpaired) electrons. The van der Waals surface area contributed by atoms with Gasteiger partial charge in [0.1, 0.15) is 37.1 Å². The van der Waals surface area contributed by atoms with E-state index in [-0.39, 0.29) is 24.2 Å². The number of aromatic hydroxyl groups is 1. The Morgan fingerprint density at radius 3 is 2.59 bits per heavy atom. The molecule has 0 aliphatic carbocycles. The average molecular weight is 521 g/mol. The molecule has 202 valence electrons. The number of phenols is 1. The van der Waals surface area contributed by atoms with Crippen molar-refractivity contribution in [3.05, 3.63) is 53.1 Å². The average Bonchev–Trinajstić information content (AvgIpc) is 3.19. The van der Waals surface area contributed by atoms with Gasteiger partial charge in [0.05, 0.1) is 13.7 Å². The molecule has 2 aliphatic rings. The van der Waals surface area contributed by atoms with Gasteiger partial charge in [0, 0.05) is 18.1 Å². The summed E-state index contributed by atoms with van der Waals surface area (Å²) in [5, 5.41) is 40.5. The highest BCUT2D eigenvalue weighted by atomic mass is 16.7. The summed E-state index contributed by atoms with van der Waals surface area (Å²) in [6.45, 7) is 3.24. The second kappa shape index (κ2) is 12.8. The summed E-state index contributed by atoms with van der Waals surface area (Å²) in [7, 11) is 1.42. The Labute approximate surface area is 214 Å². The van der Waals surface area contributed by atoms with Gasteiger partial charge in [-0.2, -0.15) is 0 Å². The van der Waals surface area contributed by atoms with Gasteiger partial charge in [-0.15, -0.1) is 0 Å². The first-order valence-corrected chi connectivity index (χ1v) is 11.7. The number of aliphatic hydroxyl groups is 3. The molecule has 1 aromatic rings. The van der Waals surface area contributed by atoms with Crippen LogP contribution in [0.2, 0.25) is 0 Å². The lowest BCUT2D eigenvalue weighted by molar-refractivity contribution is -0.299. The number of aliphatic hydroxyl groups excluding tert-OH is 3. The van der Waals surface area contributed by atoms with Gasteiger partial charge in [-0.3, -0.25) is 0 Å². The van der Waals surface area contributed by atoms with Crippen LogP contribution >= 0.6 is 0 Å². The van der Waals surface area contributed by atoms with Crippen LogP contribution in [0.15, 0.2) is 47.6 Å². The number of ether oxygens (including phenoxy) is 5. The van der Waals surface area contributed by atoms with Crippen LogP contribution in [0.5, 0.6) is 11.5 Å². The molecule has 0 amide bonds. The van der Waals surface area contributed by atoms with E-state index in [9.17, 15) is 30.0 Å². The number of methoxy groups -OCH3 is 1. The topological polar surface area (TPSA) is 161 Å². The standard InChI is InChI=1S/C26H32O11/c1-14(2)10-17-12-16(25(32)36-17)8-9-34-26-24(31)23(30)22(29)20(37-26)13-35-21(28)7-5-15-4-6-19(33-3)18(27)11-15/h4-8,10-11,17,20,22-24,26-27,29-31H,9,12-13H2,1-3H3/b7-5+,16-8+/t17-,20+,22+,23-,24+,26+/m1/s1.